The molecule has 8 nitrogen and oxygen atoms in total. The Balaban J connectivity index is 1.33. The number of nitro benzene ring substituents is 1. The van der Waals surface area contributed by atoms with Gasteiger partial charge in [-0.2, -0.15) is 5.10 Å². The average molecular weight is 437 g/mol. The van der Waals surface area contributed by atoms with E-state index in [1.807, 2.05) is 6.07 Å². The maximum absolute atomic E-state index is 12.5. The summed E-state index contributed by atoms with van der Waals surface area (Å²) in [5, 5.41) is 14.9. The molecule has 4 rings (SSSR count). The molecule has 32 heavy (non-hydrogen) atoms. The molecule has 0 bridgehead atoms. The summed E-state index contributed by atoms with van der Waals surface area (Å²) in [4.78, 5) is 22.8. The van der Waals surface area contributed by atoms with Crippen molar-refractivity contribution in [2.75, 3.05) is 7.11 Å². The highest BCUT2D eigenvalue weighted by Gasteiger charge is 2.64. The van der Waals surface area contributed by atoms with Gasteiger partial charge < -0.3 is 9.47 Å². The minimum absolute atomic E-state index is 0.00525. The number of fused-ring (bicyclic) bond motifs is 1. The molecule has 2 aromatic rings. The van der Waals surface area contributed by atoms with Crippen molar-refractivity contribution in [1.82, 2.24) is 5.43 Å². The number of nitrogens with zero attached hydrogens (tertiary/aromatic N) is 2. The summed E-state index contributed by atoms with van der Waals surface area (Å²) in [6.07, 6.45) is 6.27. The first-order valence-corrected chi connectivity index (χ1v) is 10.8. The molecule has 1 amide bonds. The normalized spacial score (nSPS) is 23.9. The molecule has 0 saturated heterocycles. The number of nitrogens with one attached hydrogen (secondary N) is 1. The number of carbonyl (C=O) groups excluding carboxylic acids is 1. The molecule has 2 fully saturated rings. The monoisotopic (exact) mass is 437 g/mol. The third-order valence-corrected chi connectivity index (χ3v) is 6.73. The Kier molecular flexibility index (Phi) is 6.12. The third kappa shape index (κ3) is 4.44. The summed E-state index contributed by atoms with van der Waals surface area (Å²) in [7, 11) is 1.55. The van der Waals surface area contributed by atoms with Crippen molar-refractivity contribution in [3.05, 3.63) is 63.7 Å². The zero-order valence-corrected chi connectivity index (χ0v) is 18.2. The maximum atomic E-state index is 12.5. The van der Waals surface area contributed by atoms with E-state index < -0.39 is 4.92 Å². The van der Waals surface area contributed by atoms with Gasteiger partial charge in [-0.05, 0) is 65.6 Å². The quantitative estimate of drug-likeness (QED) is 0.373. The van der Waals surface area contributed by atoms with Crippen LogP contribution in [0.3, 0.4) is 0 Å². The molecule has 168 valence electrons. The zero-order chi connectivity index (χ0) is 22.7. The molecule has 0 heterocycles. The van der Waals surface area contributed by atoms with Gasteiger partial charge in [0.15, 0.2) is 11.5 Å². The lowest BCUT2D eigenvalue weighted by atomic mass is 9.90. The minimum Gasteiger partial charge on any atom is -0.493 e. The van der Waals surface area contributed by atoms with Crippen LogP contribution in [0.5, 0.6) is 11.5 Å². The predicted molar refractivity (Wildman–Crippen MR) is 120 cm³/mol. The second kappa shape index (κ2) is 8.98. The molecule has 2 saturated carbocycles. The van der Waals surface area contributed by atoms with Crippen LogP contribution < -0.4 is 14.9 Å². The van der Waals surface area contributed by atoms with E-state index in [0.717, 1.165) is 24.0 Å². The van der Waals surface area contributed by atoms with E-state index in [1.54, 1.807) is 37.6 Å². The first-order chi connectivity index (χ1) is 15.4. The number of hydrogen-bond donors (Lipinski definition) is 1. The van der Waals surface area contributed by atoms with E-state index in [9.17, 15) is 14.9 Å². The van der Waals surface area contributed by atoms with E-state index in [4.69, 9.17) is 9.47 Å². The van der Waals surface area contributed by atoms with Crippen LogP contribution in [0, 0.1) is 27.4 Å². The largest absolute Gasteiger partial charge is 0.493 e. The van der Waals surface area contributed by atoms with Crippen molar-refractivity contribution in [1.29, 1.82) is 0 Å². The van der Waals surface area contributed by atoms with Crippen LogP contribution >= 0.6 is 0 Å². The van der Waals surface area contributed by atoms with Crippen molar-refractivity contribution in [2.24, 2.45) is 22.4 Å². The Labute approximate surface area is 186 Å². The van der Waals surface area contributed by atoms with Gasteiger partial charge in [0, 0.05) is 18.1 Å². The number of nitro groups is 1. The second-order valence-corrected chi connectivity index (χ2v) is 8.69. The summed E-state index contributed by atoms with van der Waals surface area (Å²) >= 11 is 0. The highest BCUT2D eigenvalue weighted by Crippen LogP contribution is 2.66. The highest BCUT2D eigenvalue weighted by molar-refractivity contribution is 5.86. The Bertz CT molecular complexity index is 1040. The number of methoxy groups -OCH3 is 1. The van der Waals surface area contributed by atoms with Crippen LogP contribution in [0.2, 0.25) is 0 Å². The van der Waals surface area contributed by atoms with Gasteiger partial charge in [-0.1, -0.05) is 19.8 Å². The number of hydrogen-bond acceptors (Lipinski definition) is 6. The second-order valence-electron chi connectivity index (χ2n) is 8.69. The average Bonchev–Trinajstić information content (AvgIpc) is 3.43. The number of hydrazone groups is 1. The third-order valence-electron chi connectivity index (χ3n) is 6.73. The topological polar surface area (TPSA) is 103 Å². The Morgan fingerprint density at radius 2 is 2.03 bits per heavy atom. The Hall–Kier alpha value is -3.42. The Morgan fingerprint density at radius 1 is 1.25 bits per heavy atom. The first-order valence-electron chi connectivity index (χ1n) is 10.8. The van der Waals surface area contributed by atoms with E-state index >= 15 is 0 Å². The number of amides is 1. The number of benzene rings is 2. The molecule has 2 aromatic carbocycles. The van der Waals surface area contributed by atoms with Gasteiger partial charge in [0.25, 0.3) is 5.69 Å². The van der Waals surface area contributed by atoms with Gasteiger partial charge in [-0.25, -0.2) is 5.43 Å². The van der Waals surface area contributed by atoms with E-state index in [0.29, 0.717) is 17.4 Å². The fourth-order valence-electron chi connectivity index (χ4n) is 4.85. The van der Waals surface area contributed by atoms with E-state index in [1.165, 1.54) is 25.0 Å². The molecule has 2 aliphatic rings. The van der Waals surface area contributed by atoms with Gasteiger partial charge >= 0.3 is 0 Å². The predicted octanol–water partition coefficient (Wildman–Crippen LogP) is 4.46. The van der Waals surface area contributed by atoms with Crippen molar-refractivity contribution in [3.8, 4) is 11.5 Å². The van der Waals surface area contributed by atoms with Gasteiger partial charge in [-0.15, -0.1) is 0 Å². The standard InChI is InChI=1S/C24H27N3O5/c1-24-12-4-3-5-19(24)22(24)23(28)26-25-14-17-8-11-20(21(13-17)31-2)32-15-16-6-9-18(10-7-16)27(29)30/h6-11,13-14,19,22H,3-5,12,15H2,1-2H3,(H,26,28)/b25-14+/t19-,22+,24+/m0/s1. The summed E-state index contributed by atoms with van der Waals surface area (Å²) in [6, 6.07) is 11.6. The molecule has 0 spiro atoms. The zero-order valence-electron chi connectivity index (χ0n) is 18.2. The van der Waals surface area contributed by atoms with Gasteiger partial charge in [0.2, 0.25) is 5.91 Å². The molecule has 0 radical (unpaired) electrons. The van der Waals surface area contributed by atoms with Crippen molar-refractivity contribution in [3.63, 3.8) is 0 Å². The molecule has 0 unspecified atom stereocenters. The lowest BCUT2D eigenvalue weighted by Gasteiger charge is -2.15. The van der Waals surface area contributed by atoms with Crippen LogP contribution in [-0.2, 0) is 11.4 Å². The van der Waals surface area contributed by atoms with Gasteiger partial charge in [0.1, 0.15) is 6.61 Å². The summed E-state index contributed by atoms with van der Waals surface area (Å²) in [5.74, 6) is 1.65. The lowest BCUT2D eigenvalue weighted by Crippen LogP contribution is -2.22. The van der Waals surface area contributed by atoms with Crippen molar-refractivity contribution in [2.45, 2.75) is 39.2 Å². The number of carbonyl (C=O) groups is 1. The smallest absolute Gasteiger partial charge is 0.269 e. The lowest BCUT2D eigenvalue weighted by molar-refractivity contribution is -0.384. The fraction of sp³-hybridized carbons (Fsp3) is 0.417. The fourth-order valence-corrected chi connectivity index (χ4v) is 4.85. The first kappa shape index (κ1) is 21.8. The highest BCUT2D eigenvalue weighted by atomic mass is 16.6. The Morgan fingerprint density at radius 3 is 2.69 bits per heavy atom. The maximum Gasteiger partial charge on any atom is 0.269 e. The van der Waals surface area contributed by atoms with Crippen LogP contribution in [0.25, 0.3) is 0 Å². The van der Waals surface area contributed by atoms with Gasteiger partial charge in [0.05, 0.1) is 18.2 Å². The summed E-state index contributed by atoms with van der Waals surface area (Å²) in [6.45, 7) is 2.46. The number of non-ortho nitro benzene ring substituents is 1. The van der Waals surface area contributed by atoms with Crippen LogP contribution in [0.1, 0.15) is 43.7 Å². The molecule has 2 aliphatic carbocycles. The molecule has 3 atom stereocenters. The van der Waals surface area contributed by atoms with Gasteiger partial charge in [-0.3, -0.25) is 14.9 Å². The summed E-state index contributed by atoms with van der Waals surface area (Å²) in [5.41, 5.74) is 4.47. The SMILES string of the molecule is COc1cc(/C=N/NC(=O)[C@H]2[C@@H]3CCCC[C@]32C)ccc1OCc1ccc([N+](=O)[O-])cc1. The molecular weight excluding hydrogens is 410 g/mol. The molecule has 0 aromatic heterocycles. The molecule has 8 heteroatoms. The minimum atomic E-state index is -0.436. The molecule has 1 N–H and O–H groups in total. The number of ether oxygens (including phenoxy) is 2. The van der Waals surface area contributed by atoms with Crippen LogP contribution in [-0.4, -0.2) is 24.2 Å². The van der Waals surface area contributed by atoms with Crippen molar-refractivity contribution >= 4 is 17.8 Å². The van der Waals surface area contributed by atoms with E-state index in [2.05, 4.69) is 17.5 Å². The van der Waals surface area contributed by atoms with Crippen LogP contribution in [0.15, 0.2) is 47.6 Å². The molecule has 0 aliphatic heterocycles. The molecular formula is C24H27N3O5. The number of rotatable bonds is 8. The van der Waals surface area contributed by atoms with E-state index in [-0.39, 0.29) is 29.5 Å². The van der Waals surface area contributed by atoms with Crippen molar-refractivity contribution < 1.29 is 19.2 Å². The summed E-state index contributed by atoms with van der Waals surface area (Å²) < 4.78 is 11.2. The van der Waals surface area contributed by atoms with Crippen LogP contribution in [0.4, 0.5) is 5.69 Å².